The molecule has 2 saturated carbocycles. The zero-order valence-corrected chi connectivity index (χ0v) is 13.0. The third kappa shape index (κ3) is 4.46. The van der Waals surface area contributed by atoms with E-state index < -0.39 is 0 Å². The van der Waals surface area contributed by atoms with Crippen molar-refractivity contribution in [1.29, 1.82) is 0 Å². The van der Waals surface area contributed by atoms with Crippen LogP contribution in [-0.2, 0) is 4.74 Å². The summed E-state index contributed by atoms with van der Waals surface area (Å²) in [5.74, 6) is 0.965. The van der Waals surface area contributed by atoms with E-state index in [0.29, 0.717) is 6.10 Å². The molecule has 19 heavy (non-hydrogen) atoms. The summed E-state index contributed by atoms with van der Waals surface area (Å²) >= 11 is 0. The van der Waals surface area contributed by atoms with Gasteiger partial charge in [-0.15, -0.1) is 0 Å². The first kappa shape index (κ1) is 15.3. The van der Waals surface area contributed by atoms with Crippen LogP contribution < -0.4 is 5.32 Å². The highest BCUT2D eigenvalue weighted by Gasteiger charge is 2.38. The molecule has 0 aromatic carbocycles. The monoisotopic (exact) mass is 267 g/mol. The van der Waals surface area contributed by atoms with Gasteiger partial charge in [0.2, 0.25) is 0 Å². The second kappa shape index (κ2) is 7.64. The average molecular weight is 267 g/mol. The molecule has 2 nitrogen and oxygen atoms in total. The fraction of sp³-hybridized carbons (Fsp3) is 1.00. The maximum atomic E-state index is 6.61. The van der Waals surface area contributed by atoms with Crippen LogP contribution >= 0.6 is 0 Å². The molecule has 112 valence electrons. The van der Waals surface area contributed by atoms with Crippen molar-refractivity contribution in [3.63, 3.8) is 0 Å². The third-order valence-corrected chi connectivity index (χ3v) is 5.13. The lowest BCUT2D eigenvalue weighted by atomic mass is 9.77. The highest BCUT2D eigenvalue weighted by molar-refractivity contribution is 4.91. The second-order valence-electron chi connectivity index (χ2n) is 6.72. The predicted molar refractivity (Wildman–Crippen MR) is 81.5 cm³/mol. The van der Waals surface area contributed by atoms with Crippen molar-refractivity contribution in [3.05, 3.63) is 0 Å². The highest BCUT2D eigenvalue weighted by Crippen LogP contribution is 2.39. The van der Waals surface area contributed by atoms with Crippen molar-refractivity contribution in [2.24, 2.45) is 5.92 Å². The van der Waals surface area contributed by atoms with Crippen LogP contribution in [0.1, 0.15) is 78.1 Å². The van der Waals surface area contributed by atoms with Gasteiger partial charge in [-0.25, -0.2) is 0 Å². The van der Waals surface area contributed by atoms with Crippen LogP contribution in [0.4, 0.5) is 0 Å². The third-order valence-electron chi connectivity index (χ3n) is 5.13. The topological polar surface area (TPSA) is 21.3 Å². The molecule has 0 spiro atoms. The van der Waals surface area contributed by atoms with Gasteiger partial charge in [-0.2, -0.15) is 0 Å². The van der Waals surface area contributed by atoms with Gasteiger partial charge >= 0.3 is 0 Å². The maximum absolute atomic E-state index is 6.61. The van der Waals surface area contributed by atoms with Crippen LogP contribution in [0.2, 0.25) is 0 Å². The summed E-state index contributed by atoms with van der Waals surface area (Å²) in [7, 11) is 0. The largest absolute Gasteiger partial charge is 0.370 e. The van der Waals surface area contributed by atoms with Crippen LogP contribution in [0.15, 0.2) is 0 Å². The van der Waals surface area contributed by atoms with E-state index in [1.807, 2.05) is 0 Å². The zero-order valence-electron chi connectivity index (χ0n) is 13.0. The van der Waals surface area contributed by atoms with Crippen molar-refractivity contribution in [2.75, 3.05) is 13.1 Å². The van der Waals surface area contributed by atoms with Crippen molar-refractivity contribution in [3.8, 4) is 0 Å². The summed E-state index contributed by atoms with van der Waals surface area (Å²) in [5, 5.41) is 3.55. The molecular formula is C17H33NO. The summed E-state index contributed by atoms with van der Waals surface area (Å²) in [6, 6.07) is 0. The Morgan fingerprint density at radius 3 is 2.32 bits per heavy atom. The van der Waals surface area contributed by atoms with Gasteiger partial charge in [0.05, 0.1) is 11.7 Å². The van der Waals surface area contributed by atoms with Crippen molar-refractivity contribution in [2.45, 2.75) is 89.8 Å². The molecule has 0 aromatic rings. The lowest BCUT2D eigenvalue weighted by Gasteiger charge is -2.42. The standard InChI is InChI=1S/C17H33NO/c1-3-7-15-10-12-17(13-11-15,14-18-4-2)19-16-8-5-6-9-16/h15-16,18H,3-14H2,1-2H3. The summed E-state index contributed by atoms with van der Waals surface area (Å²) in [4.78, 5) is 0. The van der Waals surface area contributed by atoms with Gasteiger partial charge in [-0.1, -0.05) is 39.5 Å². The fourth-order valence-corrected chi connectivity index (χ4v) is 3.95. The number of hydrogen-bond acceptors (Lipinski definition) is 2. The summed E-state index contributed by atoms with van der Waals surface area (Å²) in [6.45, 7) is 6.65. The first-order valence-electron chi connectivity index (χ1n) is 8.66. The number of likely N-dealkylation sites (N-methyl/N-ethyl adjacent to an activating group) is 1. The van der Waals surface area contributed by atoms with Crippen LogP contribution in [0.25, 0.3) is 0 Å². The molecule has 0 radical (unpaired) electrons. The van der Waals surface area contributed by atoms with Crippen LogP contribution in [0.5, 0.6) is 0 Å². The Morgan fingerprint density at radius 2 is 1.74 bits per heavy atom. The molecule has 2 aliphatic rings. The van der Waals surface area contributed by atoms with E-state index in [4.69, 9.17) is 4.74 Å². The van der Waals surface area contributed by atoms with Gasteiger partial charge in [-0.05, 0) is 51.0 Å². The lowest BCUT2D eigenvalue weighted by Crippen LogP contribution is -2.47. The Balaban J connectivity index is 1.87. The number of rotatable bonds is 7. The van der Waals surface area contributed by atoms with Crippen LogP contribution in [0.3, 0.4) is 0 Å². The molecule has 1 N–H and O–H groups in total. The minimum absolute atomic E-state index is 0.162. The predicted octanol–water partition coefficient (Wildman–Crippen LogP) is 4.28. The van der Waals surface area contributed by atoms with E-state index in [0.717, 1.165) is 19.0 Å². The first-order valence-corrected chi connectivity index (χ1v) is 8.66. The van der Waals surface area contributed by atoms with Crippen molar-refractivity contribution in [1.82, 2.24) is 5.32 Å². The van der Waals surface area contributed by atoms with Gasteiger partial charge in [-0.3, -0.25) is 0 Å². The van der Waals surface area contributed by atoms with Gasteiger partial charge in [0.25, 0.3) is 0 Å². The average Bonchev–Trinajstić information content (AvgIpc) is 2.92. The number of hydrogen-bond donors (Lipinski definition) is 1. The molecule has 0 aliphatic heterocycles. The normalized spacial score (nSPS) is 32.8. The summed E-state index contributed by atoms with van der Waals surface area (Å²) in [5.41, 5.74) is 0.162. The van der Waals surface area contributed by atoms with Crippen molar-refractivity contribution < 1.29 is 4.74 Å². The van der Waals surface area contributed by atoms with E-state index >= 15 is 0 Å². The second-order valence-corrected chi connectivity index (χ2v) is 6.72. The van der Waals surface area contributed by atoms with Gasteiger partial charge in [0.1, 0.15) is 0 Å². The van der Waals surface area contributed by atoms with E-state index in [9.17, 15) is 0 Å². The Hall–Kier alpha value is -0.0800. The summed E-state index contributed by atoms with van der Waals surface area (Å²) in [6.07, 6.45) is 14.0. The van der Waals surface area contributed by atoms with Crippen molar-refractivity contribution >= 4 is 0 Å². The quantitative estimate of drug-likeness (QED) is 0.743. The SMILES string of the molecule is CCCC1CCC(CNCC)(OC2CCCC2)CC1. The Kier molecular flexibility index (Phi) is 6.15. The molecule has 2 fully saturated rings. The Labute approximate surface area is 119 Å². The smallest absolute Gasteiger partial charge is 0.0810 e. The first-order chi connectivity index (χ1) is 9.28. The molecule has 2 rings (SSSR count). The maximum Gasteiger partial charge on any atom is 0.0810 e. The van der Waals surface area contributed by atoms with Gasteiger partial charge in [0.15, 0.2) is 0 Å². The van der Waals surface area contributed by atoms with Gasteiger partial charge in [0, 0.05) is 6.54 Å². The zero-order chi connectivity index (χ0) is 13.6. The number of ether oxygens (including phenoxy) is 1. The molecule has 0 bridgehead atoms. The minimum Gasteiger partial charge on any atom is -0.370 e. The molecule has 0 heterocycles. The molecular weight excluding hydrogens is 234 g/mol. The van der Waals surface area contributed by atoms with E-state index in [1.54, 1.807) is 0 Å². The molecule has 0 atom stereocenters. The lowest BCUT2D eigenvalue weighted by molar-refractivity contribution is -0.115. The molecule has 0 saturated heterocycles. The van der Waals surface area contributed by atoms with E-state index in [2.05, 4.69) is 19.2 Å². The molecule has 2 aliphatic carbocycles. The molecule has 0 unspecified atom stereocenters. The fourth-order valence-electron chi connectivity index (χ4n) is 3.95. The minimum atomic E-state index is 0.162. The number of nitrogens with one attached hydrogen (secondary N) is 1. The Bertz CT molecular complexity index is 240. The molecule has 0 amide bonds. The summed E-state index contributed by atoms with van der Waals surface area (Å²) < 4.78 is 6.61. The highest BCUT2D eigenvalue weighted by atomic mass is 16.5. The van der Waals surface area contributed by atoms with E-state index in [1.165, 1.54) is 64.2 Å². The Morgan fingerprint density at radius 1 is 1.05 bits per heavy atom. The van der Waals surface area contributed by atoms with E-state index in [-0.39, 0.29) is 5.60 Å². The van der Waals surface area contributed by atoms with Crippen LogP contribution in [-0.4, -0.2) is 24.8 Å². The molecule has 0 aromatic heterocycles. The molecule has 2 heteroatoms. The van der Waals surface area contributed by atoms with Gasteiger partial charge < -0.3 is 10.1 Å². The van der Waals surface area contributed by atoms with Crippen LogP contribution in [0, 0.1) is 5.92 Å².